The van der Waals surface area contributed by atoms with Gasteiger partial charge in [-0.25, -0.2) is 4.68 Å². The SMILES string of the molecule is COc1ccc([C@@H](NC(=O)c2cccs2)n2nnc3ccccc32)cc1. The summed E-state index contributed by atoms with van der Waals surface area (Å²) in [5.41, 5.74) is 2.50. The second-order valence-electron chi connectivity index (χ2n) is 5.65. The highest BCUT2D eigenvalue weighted by molar-refractivity contribution is 7.12. The highest BCUT2D eigenvalue weighted by Gasteiger charge is 2.21. The summed E-state index contributed by atoms with van der Waals surface area (Å²) in [7, 11) is 1.62. The quantitative estimate of drug-likeness (QED) is 0.589. The van der Waals surface area contributed by atoms with Gasteiger partial charge in [-0.2, -0.15) is 0 Å². The molecule has 1 N–H and O–H groups in total. The monoisotopic (exact) mass is 364 g/mol. The van der Waals surface area contributed by atoms with Gasteiger partial charge in [-0.3, -0.25) is 4.79 Å². The summed E-state index contributed by atoms with van der Waals surface area (Å²) < 4.78 is 6.95. The number of hydrogen-bond acceptors (Lipinski definition) is 5. The maximum absolute atomic E-state index is 12.7. The molecule has 0 aliphatic carbocycles. The van der Waals surface area contributed by atoms with Crippen molar-refractivity contribution >= 4 is 28.3 Å². The molecule has 4 rings (SSSR count). The highest BCUT2D eigenvalue weighted by atomic mass is 32.1. The first-order valence-corrected chi connectivity index (χ1v) is 8.92. The van der Waals surface area contributed by atoms with Crippen LogP contribution >= 0.6 is 11.3 Å². The van der Waals surface area contributed by atoms with Crippen LogP contribution in [0.1, 0.15) is 21.4 Å². The van der Waals surface area contributed by atoms with E-state index in [4.69, 9.17) is 4.74 Å². The van der Waals surface area contributed by atoms with Gasteiger partial charge in [0.05, 0.1) is 17.5 Å². The molecule has 0 aliphatic heterocycles. The van der Waals surface area contributed by atoms with Crippen molar-refractivity contribution in [1.29, 1.82) is 0 Å². The minimum atomic E-state index is -0.483. The van der Waals surface area contributed by atoms with Crippen molar-refractivity contribution < 1.29 is 9.53 Å². The van der Waals surface area contributed by atoms with Crippen LogP contribution in [0.2, 0.25) is 0 Å². The zero-order chi connectivity index (χ0) is 17.9. The Morgan fingerprint density at radius 3 is 2.65 bits per heavy atom. The first-order chi connectivity index (χ1) is 12.8. The number of para-hydroxylation sites is 1. The number of thiophene rings is 1. The predicted molar refractivity (Wildman–Crippen MR) is 100 cm³/mol. The molecule has 0 spiro atoms. The van der Waals surface area contributed by atoms with E-state index in [2.05, 4.69) is 15.6 Å². The molecule has 130 valence electrons. The fourth-order valence-electron chi connectivity index (χ4n) is 2.75. The fourth-order valence-corrected chi connectivity index (χ4v) is 3.38. The zero-order valence-electron chi connectivity index (χ0n) is 14.0. The van der Waals surface area contributed by atoms with Crippen LogP contribution in [-0.4, -0.2) is 28.0 Å². The number of rotatable bonds is 5. The van der Waals surface area contributed by atoms with E-state index in [1.807, 2.05) is 60.0 Å². The maximum Gasteiger partial charge on any atom is 0.263 e. The lowest BCUT2D eigenvalue weighted by atomic mass is 10.1. The van der Waals surface area contributed by atoms with E-state index >= 15 is 0 Å². The molecule has 0 unspecified atom stereocenters. The standard InChI is InChI=1S/C19H16N4O2S/c1-25-14-10-8-13(9-11-14)18(20-19(24)17-7-4-12-26-17)23-16-6-3-2-5-15(16)21-22-23/h2-12,18H,1H3,(H,20,24)/t18-/m0/s1. The van der Waals surface area contributed by atoms with Gasteiger partial charge in [0.2, 0.25) is 0 Å². The van der Waals surface area contributed by atoms with Gasteiger partial charge in [-0.1, -0.05) is 35.5 Å². The summed E-state index contributed by atoms with van der Waals surface area (Å²) >= 11 is 1.40. The van der Waals surface area contributed by atoms with Gasteiger partial charge < -0.3 is 10.1 Å². The molecule has 0 saturated carbocycles. The Bertz CT molecular complexity index is 1030. The molecule has 26 heavy (non-hydrogen) atoms. The van der Waals surface area contributed by atoms with Crippen LogP contribution in [0.4, 0.5) is 0 Å². The van der Waals surface area contributed by atoms with Crippen LogP contribution in [0, 0.1) is 0 Å². The van der Waals surface area contributed by atoms with Crippen LogP contribution in [0.5, 0.6) is 5.75 Å². The summed E-state index contributed by atoms with van der Waals surface area (Å²) in [6.45, 7) is 0. The van der Waals surface area contributed by atoms with Crippen LogP contribution in [0.15, 0.2) is 66.0 Å². The van der Waals surface area contributed by atoms with Crippen LogP contribution in [-0.2, 0) is 0 Å². The van der Waals surface area contributed by atoms with E-state index in [1.165, 1.54) is 11.3 Å². The number of hydrogen-bond donors (Lipinski definition) is 1. The van der Waals surface area contributed by atoms with Crippen molar-refractivity contribution in [2.75, 3.05) is 7.11 Å². The van der Waals surface area contributed by atoms with Gasteiger partial charge in [-0.15, -0.1) is 16.4 Å². The van der Waals surface area contributed by atoms with Crippen molar-refractivity contribution in [1.82, 2.24) is 20.3 Å². The van der Waals surface area contributed by atoms with Crippen molar-refractivity contribution in [3.8, 4) is 5.75 Å². The average Bonchev–Trinajstić information content (AvgIpc) is 3.36. The summed E-state index contributed by atoms with van der Waals surface area (Å²) in [6, 6.07) is 18.9. The number of amides is 1. The largest absolute Gasteiger partial charge is 0.497 e. The molecule has 2 heterocycles. The number of aromatic nitrogens is 3. The average molecular weight is 364 g/mol. The van der Waals surface area contributed by atoms with Crippen LogP contribution < -0.4 is 10.1 Å². The Morgan fingerprint density at radius 1 is 1.12 bits per heavy atom. The molecule has 4 aromatic rings. The zero-order valence-corrected chi connectivity index (χ0v) is 14.8. The van der Waals surface area contributed by atoms with E-state index in [0.717, 1.165) is 22.3 Å². The van der Waals surface area contributed by atoms with Gasteiger partial charge in [0.25, 0.3) is 5.91 Å². The van der Waals surface area contributed by atoms with E-state index in [9.17, 15) is 4.79 Å². The number of carbonyl (C=O) groups excluding carboxylic acids is 1. The second kappa shape index (κ2) is 6.97. The number of nitrogens with zero attached hydrogens (tertiary/aromatic N) is 3. The second-order valence-corrected chi connectivity index (χ2v) is 6.60. The minimum Gasteiger partial charge on any atom is -0.497 e. The minimum absolute atomic E-state index is 0.152. The van der Waals surface area contributed by atoms with Gasteiger partial charge in [-0.05, 0) is 41.3 Å². The molecular weight excluding hydrogens is 348 g/mol. The topological polar surface area (TPSA) is 69.0 Å². The molecule has 0 aliphatic rings. The maximum atomic E-state index is 12.7. The Balaban J connectivity index is 1.76. The van der Waals surface area contributed by atoms with Crippen LogP contribution in [0.25, 0.3) is 11.0 Å². The van der Waals surface area contributed by atoms with Gasteiger partial charge in [0.1, 0.15) is 11.3 Å². The fraction of sp³-hybridized carbons (Fsp3) is 0.105. The number of ether oxygens (including phenoxy) is 1. The molecule has 0 saturated heterocycles. The number of carbonyl (C=O) groups is 1. The summed E-state index contributed by atoms with van der Waals surface area (Å²) in [5, 5.41) is 13.4. The number of methoxy groups -OCH3 is 1. The molecule has 1 amide bonds. The molecule has 7 heteroatoms. The summed E-state index contributed by atoms with van der Waals surface area (Å²) in [5.74, 6) is 0.598. The van der Waals surface area contributed by atoms with Crippen molar-refractivity contribution in [2.45, 2.75) is 6.17 Å². The Kier molecular flexibility index (Phi) is 4.37. The highest BCUT2D eigenvalue weighted by Crippen LogP contribution is 2.23. The third-order valence-corrected chi connectivity index (χ3v) is 4.93. The van der Waals surface area contributed by atoms with Gasteiger partial charge >= 0.3 is 0 Å². The molecular formula is C19H16N4O2S. The molecule has 0 radical (unpaired) electrons. The number of nitrogens with one attached hydrogen (secondary N) is 1. The van der Waals surface area contributed by atoms with Crippen molar-refractivity contribution in [2.24, 2.45) is 0 Å². The smallest absolute Gasteiger partial charge is 0.263 e. The number of fused-ring (bicyclic) bond motifs is 1. The van der Waals surface area contributed by atoms with Gasteiger partial charge in [0, 0.05) is 0 Å². The Labute approximate surface area is 154 Å². The predicted octanol–water partition coefficient (Wildman–Crippen LogP) is 3.48. The molecule has 0 fully saturated rings. The molecule has 6 nitrogen and oxygen atoms in total. The lowest BCUT2D eigenvalue weighted by molar-refractivity contribution is 0.0932. The van der Waals surface area contributed by atoms with E-state index < -0.39 is 6.17 Å². The Hall–Kier alpha value is -3.19. The summed E-state index contributed by atoms with van der Waals surface area (Å²) in [4.78, 5) is 13.3. The third-order valence-electron chi connectivity index (χ3n) is 4.07. The lowest BCUT2D eigenvalue weighted by Crippen LogP contribution is -2.33. The lowest BCUT2D eigenvalue weighted by Gasteiger charge is -2.20. The van der Waals surface area contributed by atoms with E-state index in [-0.39, 0.29) is 5.91 Å². The molecule has 2 aromatic carbocycles. The Morgan fingerprint density at radius 2 is 1.92 bits per heavy atom. The molecule has 1 atom stereocenters. The number of benzene rings is 2. The van der Waals surface area contributed by atoms with Gasteiger partial charge in [0.15, 0.2) is 6.17 Å². The van der Waals surface area contributed by atoms with E-state index in [0.29, 0.717) is 4.88 Å². The molecule has 0 bridgehead atoms. The third kappa shape index (κ3) is 3.04. The van der Waals surface area contributed by atoms with E-state index in [1.54, 1.807) is 17.9 Å². The summed E-state index contributed by atoms with van der Waals surface area (Å²) in [6.07, 6.45) is -0.483. The molecule has 2 aromatic heterocycles. The first kappa shape index (κ1) is 16.3. The van der Waals surface area contributed by atoms with Crippen molar-refractivity contribution in [3.63, 3.8) is 0 Å². The van der Waals surface area contributed by atoms with Crippen molar-refractivity contribution in [3.05, 3.63) is 76.5 Å². The normalized spacial score (nSPS) is 12.0. The first-order valence-electron chi connectivity index (χ1n) is 8.04. The van der Waals surface area contributed by atoms with Crippen LogP contribution in [0.3, 0.4) is 0 Å².